The minimum absolute atomic E-state index is 0.283. The zero-order valence-electron chi connectivity index (χ0n) is 13.0. The molecule has 116 valence electrons. The molecule has 1 aliphatic heterocycles. The largest absolute Gasteiger partial charge is 0.357 e. The number of hydrogen-bond acceptors (Lipinski definition) is 4. The van der Waals surface area contributed by atoms with Gasteiger partial charge in [-0.1, -0.05) is 60.7 Å². The van der Waals surface area contributed by atoms with Gasteiger partial charge in [0.05, 0.1) is 5.69 Å². The maximum Gasteiger partial charge on any atom is 0.179 e. The molecule has 1 unspecified atom stereocenters. The summed E-state index contributed by atoms with van der Waals surface area (Å²) in [4.78, 5) is 13.6. The van der Waals surface area contributed by atoms with E-state index in [9.17, 15) is 0 Å². The molecular weight excluding hydrogens is 296 g/mol. The van der Waals surface area contributed by atoms with E-state index in [0.29, 0.717) is 5.82 Å². The Kier molecular flexibility index (Phi) is 3.86. The van der Waals surface area contributed by atoms with Crippen molar-refractivity contribution in [2.45, 2.75) is 6.17 Å². The summed E-state index contributed by atoms with van der Waals surface area (Å²) in [5.74, 6) is 0.661. The van der Waals surface area contributed by atoms with Crippen molar-refractivity contribution in [2.24, 2.45) is 4.99 Å². The van der Waals surface area contributed by atoms with E-state index < -0.39 is 0 Å². The van der Waals surface area contributed by atoms with E-state index in [-0.39, 0.29) is 6.17 Å². The molecule has 0 saturated heterocycles. The minimum Gasteiger partial charge on any atom is -0.357 e. The van der Waals surface area contributed by atoms with E-state index in [1.807, 2.05) is 66.9 Å². The summed E-state index contributed by atoms with van der Waals surface area (Å²) in [6.07, 6.45) is 5.27. The van der Waals surface area contributed by atoms with Gasteiger partial charge in [0.1, 0.15) is 0 Å². The lowest BCUT2D eigenvalue weighted by Gasteiger charge is -2.20. The molecule has 0 spiro atoms. The third-order valence-corrected chi connectivity index (χ3v) is 3.84. The van der Waals surface area contributed by atoms with E-state index in [0.717, 1.165) is 22.5 Å². The second-order valence-corrected chi connectivity index (χ2v) is 5.46. The Hall–Kier alpha value is -3.27. The number of allylic oxidation sites excluding steroid dienone is 1. The van der Waals surface area contributed by atoms with E-state index in [2.05, 4.69) is 32.4 Å². The van der Waals surface area contributed by atoms with E-state index in [1.54, 1.807) is 6.20 Å². The first-order valence-electron chi connectivity index (χ1n) is 7.84. The summed E-state index contributed by atoms with van der Waals surface area (Å²) < 4.78 is 0. The van der Waals surface area contributed by atoms with E-state index in [4.69, 9.17) is 0 Å². The summed E-state index contributed by atoms with van der Waals surface area (Å²) in [6, 6.07) is 22.2. The molecule has 1 aliphatic rings. The highest BCUT2D eigenvalue weighted by atomic mass is 15.1. The van der Waals surface area contributed by atoms with Crippen LogP contribution in [0.4, 0.5) is 0 Å². The third kappa shape index (κ3) is 2.94. The Bertz CT molecular complexity index is 886. The maximum absolute atomic E-state index is 4.68. The van der Waals surface area contributed by atoms with Gasteiger partial charge in [-0.15, -0.1) is 0 Å². The monoisotopic (exact) mass is 312 g/mol. The lowest BCUT2D eigenvalue weighted by atomic mass is 10.1. The molecule has 1 atom stereocenters. The minimum atomic E-state index is -0.283. The molecular formula is C20H16N4. The summed E-state index contributed by atoms with van der Waals surface area (Å²) in [5.41, 5.74) is 4.10. The van der Waals surface area contributed by atoms with Crippen LogP contribution in [0.3, 0.4) is 0 Å². The molecule has 0 radical (unpaired) electrons. The van der Waals surface area contributed by atoms with Crippen LogP contribution in [0.25, 0.3) is 17.0 Å². The summed E-state index contributed by atoms with van der Waals surface area (Å²) in [5, 5.41) is 3.40. The zero-order valence-corrected chi connectivity index (χ0v) is 13.0. The van der Waals surface area contributed by atoms with Gasteiger partial charge in [-0.3, -0.25) is 4.99 Å². The molecule has 0 fully saturated rings. The van der Waals surface area contributed by atoms with Crippen LogP contribution in [0.2, 0.25) is 0 Å². The van der Waals surface area contributed by atoms with Gasteiger partial charge in [-0.2, -0.15) is 0 Å². The fraction of sp³-hybridized carbons (Fsp3) is 0.0500. The first-order chi connectivity index (χ1) is 11.9. The lowest BCUT2D eigenvalue weighted by molar-refractivity contribution is 0.622. The van der Waals surface area contributed by atoms with Gasteiger partial charge >= 0.3 is 0 Å². The molecule has 0 amide bonds. The molecule has 3 aromatic rings. The molecule has 1 N–H and O–H groups in total. The fourth-order valence-electron chi connectivity index (χ4n) is 2.64. The second-order valence-electron chi connectivity index (χ2n) is 5.46. The number of nitrogens with one attached hydrogen (secondary N) is 1. The molecule has 4 rings (SSSR count). The molecule has 4 nitrogen and oxygen atoms in total. The van der Waals surface area contributed by atoms with Crippen molar-refractivity contribution in [3.05, 3.63) is 90.4 Å². The second kappa shape index (κ2) is 6.46. The number of rotatable bonds is 3. The molecule has 0 aliphatic carbocycles. The Labute approximate surface area is 140 Å². The van der Waals surface area contributed by atoms with Gasteiger partial charge in [0.25, 0.3) is 0 Å². The van der Waals surface area contributed by atoms with Crippen molar-refractivity contribution in [1.29, 1.82) is 0 Å². The molecule has 1 aromatic heterocycles. The van der Waals surface area contributed by atoms with Crippen LogP contribution < -0.4 is 5.32 Å². The van der Waals surface area contributed by atoms with Crippen LogP contribution in [-0.2, 0) is 0 Å². The summed E-state index contributed by atoms with van der Waals surface area (Å²) in [6.45, 7) is 0. The van der Waals surface area contributed by atoms with Crippen LogP contribution in [0.1, 0.15) is 17.6 Å². The van der Waals surface area contributed by atoms with E-state index in [1.165, 1.54) is 0 Å². The van der Waals surface area contributed by atoms with Crippen LogP contribution in [0, 0.1) is 0 Å². The van der Waals surface area contributed by atoms with Gasteiger partial charge in [-0.25, -0.2) is 9.97 Å². The first-order valence-corrected chi connectivity index (χ1v) is 7.84. The van der Waals surface area contributed by atoms with Gasteiger partial charge in [-0.05, 0) is 17.7 Å². The predicted octanol–water partition coefficient (Wildman–Crippen LogP) is 3.86. The first kappa shape index (κ1) is 14.3. The van der Waals surface area contributed by atoms with Gasteiger partial charge in [0.15, 0.2) is 12.0 Å². The van der Waals surface area contributed by atoms with Crippen molar-refractivity contribution in [2.75, 3.05) is 0 Å². The van der Waals surface area contributed by atoms with Gasteiger partial charge in [0.2, 0.25) is 0 Å². The number of aliphatic imine (C=N–C) groups is 1. The fourth-order valence-corrected chi connectivity index (χ4v) is 2.64. The van der Waals surface area contributed by atoms with Crippen molar-refractivity contribution in [3.8, 4) is 11.3 Å². The Morgan fingerprint density at radius 3 is 2.25 bits per heavy atom. The number of benzene rings is 2. The highest BCUT2D eigenvalue weighted by molar-refractivity contribution is 5.85. The SMILES string of the molecule is C1=NC(c2nccc(-c3ccccc3)n2)NC(c2ccccc2)=C1. The van der Waals surface area contributed by atoms with E-state index >= 15 is 0 Å². The maximum atomic E-state index is 4.68. The molecule has 0 saturated carbocycles. The van der Waals surface area contributed by atoms with Crippen molar-refractivity contribution in [3.63, 3.8) is 0 Å². The molecule has 24 heavy (non-hydrogen) atoms. The number of hydrogen-bond donors (Lipinski definition) is 1. The Morgan fingerprint density at radius 2 is 1.50 bits per heavy atom. The highest BCUT2D eigenvalue weighted by Gasteiger charge is 2.17. The smallest absolute Gasteiger partial charge is 0.179 e. The lowest BCUT2D eigenvalue weighted by Crippen LogP contribution is -2.23. The van der Waals surface area contributed by atoms with Gasteiger partial charge < -0.3 is 5.32 Å². The topological polar surface area (TPSA) is 50.2 Å². The van der Waals surface area contributed by atoms with Crippen LogP contribution in [0.5, 0.6) is 0 Å². The van der Waals surface area contributed by atoms with Crippen molar-refractivity contribution < 1.29 is 0 Å². The van der Waals surface area contributed by atoms with Gasteiger partial charge in [0, 0.05) is 23.7 Å². The zero-order chi connectivity index (χ0) is 16.2. The summed E-state index contributed by atoms with van der Waals surface area (Å²) >= 11 is 0. The molecule has 0 bridgehead atoms. The Morgan fingerprint density at radius 1 is 0.792 bits per heavy atom. The van der Waals surface area contributed by atoms with Crippen LogP contribution >= 0.6 is 0 Å². The highest BCUT2D eigenvalue weighted by Crippen LogP contribution is 2.22. The normalized spacial score (nSPS) is 16.3. The standard InChI is InChI=1S/C20H16N4/c1-3-7-15(8-4-1)17-11-13-21-19(23-17)20-22-14-12-18(24-20)16-9-5-2-6-10-16/h1-14,19,23H. The number of aromatic nitrogens is 2. The average molecular weight is 312 g/mol. The summed E-state index contributed by atoms with van der Waals surface area (Å²) in [7, 11) is 0. The molecule has 4 heteroatoms. The molecule has 2 aromatic carbocycles. The quantitative estimate of drug-likeness (QED) is 0.799. The Balaban J connectivity index is 1.61. The van der Waals surface area contributed by atoms with Crippen LogP contribution in [-0.4, -0.2) is 16.2 Å². The molecule has 2 heterocycles. The average Bonchev–Trinajstić information content (AvgIpc) is 2.70. The van der Waals surface area contributed by atoms with Crippen LogP contribution in [0.15, 0.2) is 84.0 Å². The predicted molar refractivity (Wildman–Crippen MR) is 96.3 cm³/mol. The third-order valence-electron chi connectivity index (χ3n) is 3.84. The number of nitrogens with zero attached hydrogens (tertiary/aromatic N) is 3. The van der Waals surface area contributed by atoms with Crippen molar-refractivity contribution >= 4 is 11.9 Å². The van der Waals surface area contributed by atoms with Crippen molar-refractivity contribution in [1.82, 2.24) is 15.3 Å².